The summed E-state index contributed by atoms with van der Waals surface area (Å²) in [5.74, 6) is 0.807. The zero-order valence-corrected chi connectivity index (χ0v) is 9.98. The molecule has 0 saturated carbocycles. The molecular formula is C10H13ClN4O. The molecule has 0 amide bonds. The standard InChI is InChI=1S/C10H13ClN4O/c1-7(16-2)3-5-9-12-13-10-6-4-8(11)14-15(9)10/h4,6-7H,3,5H2,1-2H3. The van der Waals surface area contributed by atoms with Gasteiger partial charge in [0.25, 0.3) is 0 Å². The number of nitrogens with zero attached hydrogens (tertiary/aromatic N) is 4. The van der Waals surface area contributed by atoms with Gasteiger partial charge in [0.2, 0.25) is 0 Å². The second-order valence-electron chi connectivity index (χ2n) is 3.63. The first-order chi connectivity index (χ1) is 7.70. The molecule has 0 aromatic carbocycles. The van der Waals surface area contributed by atoms with Crippen LogP contribution in [0, 0.1) is 0 Å². The van der Waals surface area contributed by atoms with Crippen molar-refractivity contribution in [2.45, 2.75) is 25.9 Å². The average molecular weight is 241 g/mol. The molecule has 1 unspecified atom stereocenters. The molecule has 0 bridgehead atoms. The van der Waals surface area contributed by atoms with Gasteiger partial charge in [0.15, 0.2) is 11.5 Å². The fraction of sp³-hybridized carbons (Fsp3) is 0.500. The number of aryl methyl sites for hydroxylation is 1. The number of rotatable bonds is 4. The summed E-state index contributed by atoms with van der Waals surface area (Å²) in [7, 11) is 1.70. The summed E-state index contributed by atoms with van der Waals surface area (Å²) >= 11 is 5.83. The van der Waals surface area contributed by atoms with Gasteiger partial charge in [0, 0.05) is 13.5 Å². The Morgan fingerprint density at radius 1 is 1.44 bits per heavy atom. The van der Waals surface area contributed by atoms with E-state index < -0.39 is 0 Å². The first kappa shape index (κ1) is 11.3. The van der Waals surface area contributed by atoms with Gasteiger partial charge in [-0.3, -0.25) is 0 Å². The molecule has 5 nitrogen and oxygen atoms in total. The largest absolute Gasteiger partial charge is 0.382 e. The highest BCUT2D eigenvalue weighted by Gasteiger charge is 2.08. The van der Waals surface area contributed by atoms with E-state index in [1.165, 1.54) is 0 Å². The van der Waals surface area contributed by atoms with Gasteiger partial charge in [-0.15, -0.1) is 10.2 Å². The van der Waals surface area contributed by atoms with Gasteiger partial charge in [-0.2, -0.15) is 9.61 Å². The zero-order valence-electron chi connectivity index (χ0n) is 9.22. The van der Waals surface area contributed by atoms with Crippen LogP contribution in [0.25, 0.3) is 5.65 Å². The highest BCUT2D eigenvalue weighted by molar-refractivity contribution is 6.29. The Labute approximate surface area is 98.4 Å². The van der Waals surface area contributed by atoms with Crippen molar-refractivity contribution in [2.75, 3.05) is 7.11 Å². The van der Waals surface area contributed by atoms with Crippen LogP contribution in [0.15, 0.2) is 12.1 Å². The van der Waals surface area contributed by atoms with Crippen LogP contribution >= 0.6 is 11.6 Å². The van der Waals surface area contributed by atoms with Crippen LogP contribution in [0.5, 0.6) is 0 Å². The molecule has 1 atom stereocenters. The van der Waals surface area contributed by atoms with Crippen molar-refractivity contribution in [3.8, 4) is 0 Å². The van der Waals surface area contributed by atoms with E-state index in [-0.39, 0.29) is 6.10 Å². The Balaban J connectivity index is 2.21. The van der Waals surface area contributed by atoms with E-state index in [2.05, 4.69) is 15.3 Å². The van der Waals surface area contributed by atoms with Gasteiger partial charge in [-0.05, 0) is 25.5 Å². The molecule has 0 aliphatic rings. The second-order valence-corrected chi connectivity index (χ2v) is 4.01. The van der Waals surface area contributed by atoms with Gasteiger partial charge in [-0.1, -0.05) is 11.6 Å². The van der Waals surface area contributed by atoms with Crippen LogP contribution in [0.4, 0.5) is 0 Å². The fourth-order valence-electron chi connectivity index (χ4n) is 1.42. The number of ether oxygens (including phenoxy) is 1. The van der Waals surface area contributed by atoms with Gasteiger partial charge in [-0.25, -0.2) is 0 Å². The van der Waals surface area contributed by atoms with E-state index >= 15 is 0 Å². The van der Waals surface area contributed by atoms with E-state index in [0.717, 1.165) is 18.7 Å². The molecule has 2 aromatic rings. The van der Waals surface area contributed by atoms with E-state index in [4.69, 9.17) is 16.3 Å². The minimum atomic E-state index is 0.200. The van der Waals surface area contributed by atoms with E-state index in [1.807, 2.05) is 6.92 Å². The smallest absolute Gasteiger partial charge is 0.178 e. The van der Waals surface area contributed by atoms with Crippen molar-refractivity contribution in [2.24, 2.45) is 0 Å². The molecule has 0 saturated heterocycles. The van der Waals surface area contributed by atoms with Crippen LogP contribution < -0.4 is 0 Å². The molecule has 2 rings (SSSR count). The molecule has 0 fully saturated rings. The second kappa shape index (κ2) is 4.76. The van der Waals surface area contributed by atoms with Crippen molar-refractivity contribution in [1.29, 1.82) is 0 Å². The third-order valence-electron chi connectivity index (χ3n) is 2.47. The molecule has 16 heavy (non-hydrogen) atoms. The van der Waals surface area contributed by atoms with Crippen LogP contribution in [-0.4, -0.2) is 33.0 Å². The lowest BCUT2D eigenvalue weighted by Gasteiger charge is -2.07. The lowest BCUT2D eigenvalue weighted by atomic mass is 10.2. The molecule has 86 valence electrons. The molecule has 0 aliphatic carbocycles. The first-order valence-electron chi connectivity index (χ1n) is 5.10. The maximum Gasteiger partial charge on any atom is 0.178 e. The van der Waals surface area contributed by atoms with E-state index in [0.29, 0.717) is 10.8 Å². The van der Waals surface area contributed by atoms with Crippen LogP contribution in [0.1, 0.15) is 19.2 Å². The van der Waals surface area contributed by atoms with Crippen molar-refractivity contribution >= 4 is 17.2 Å². The Bertz CT molecular complexity index is 485. The van der Waals surface area contributed by atoms with Crippen molar-refractivity contribution in [3.63, 3.8) is 0 Å². The number of hydrogen-bond acceptors (Lipinski definition) is 4. The van der Waals surface area contributed by atoms with Crippen LogP contribution in [0.3, 0.4) is 0 Å². The fourth-order valence-corrected chi connectivity index (χ4v) is 1.56. The molecule has 0 radical (unpaired) electrons. The maximum absolute atomic E-state index is 5.83. The Hall–Kier alpha value is -1.20. The minimum absolute atomic E-state index is 0.200. The highest BCUT2D eigenvalue weighted by Crippen LogP contribution is 2.09. The van der Waals surface area contributed by atoms with Crippen LogP contribution in [-0.2, 0) is 11.2 Å². The lowest BCUT2D eigenvalue weighted by molar-refractivity contribution is 0.110. The molecule has 0 aliphatic heterocycles. The summed E-state index contributed by atoms with van der Waals surface area (Å²) in [4.78, 5) is 0. The Morgan fingerprint density at radius 2 is 2.25 bits per heavy atom. The van der Waals surface area contributed by atoms with Gasteiger partial charge >= 0.3 is 0 Å². The third kappa shape index (κ3) is 2.31. The number of hydrogen-bond donors (Lipinski definition) is 0. The summed E-state index contributed by atoms with van der Waals surface area (Å²) in [5, 5.41) is 12.7. The molecular weight excluding hydrogens is 228 g/mol. The summed E-state index contributed by atoms with van der Waals surface area (Å²) in [5.41, 5.74) is 0.712. The average Bonchev–Trinajstić information content (AvgIpc) is 2.68. The first-order valence-corrected chi connectivity index (χ1v) is 5.48. The topological polar surface area (TPSA) is 52.3 Å². The number of fused-ring (bicyclic) bond motifs is 1. The third-order valence-corrected chi connectivity index (χ3v) is 2.67. The van der Waals surface area contributed by atoms with E-state index in [9.17, 15) is 0 Å². The highest BCUT2D eigenvalue weighted by atomic mass is 35.5. The van der Waals surface area contributed by atoms with Gasteiger partial charge in [0.1, 0.15) is 5.15 Å². The van der Waals surface area contributed by atoms with Crippen LogP contribution in [0.2, 0.25) is 5.15 Å². The van der Waals surface area contributed by atoms with Gasteiger partial charge in [0.05, 0.1) is 6.10 Å². The maximum atomic E-state index is 5.83. The Morgan fingerprint density at radius 3 is 3.00 bits per heavy atom. The minimum Gasteiger partial charge on any atom is -0.382 e. The predicted octanol–water partition coefficient (Wildman–Crippen LogP) is 1.75. The Kier molecular flexibility index (Phi) is 3.36. The molecule has 0 spiro atoms. The summed E-state index contributed by atoms with van der Waals surface area (Å²) < 4.78 is 6.85. The predicted molar refractivity (Wildman–Crippen MR) is 60.6 cm³/mol. The molecule has 2 aromatic heterocycles. The number of methoxy groups -OCH3 is 1. The normalized spacial score (nSPS) is 13.2. The zero-order chi connectivity index (χ0) is 11.5. The van der Waals surface area contributed by atoms with Gasteiger partial charge < -0.3 is 4.74 Å². The summed E-state index contributed by atoms with van der Waals surface area (Å²) in [6.07, 6.45) is 1.85. The quantitative estimate of drug-likeness (QED) is 0.817. The van der Waals surface area contributed by atoms with Crippen molar-refractivity contribution in [1.82, 2.24) is 19.8 Å². The van der Waals surface area contributed by atoms with Crippen molar-refractivity contribution < 1.29 is 4.74 Å². The molecule has 0 N–H and O–H groups in total. The molecule has 2 heterocycles. The SMILES string of the molecule is COC(C)CCc1nnc2ccc(Cl)nn12. The monoisotopic (exact) mass is 240 g/mol. The number of aromatic nitrogens is 4. The number of halogens is 1. The lowest BCUT2D eigenvalue weighted by Crippen LogP contribution is -2.08. The summed E-state index contributed by atoms with van der Waals surface area (Å²) in [6, 6.07) is 3.50. The molecule has 6 heteroatoms. The van der Waals surface area contributed by atoms with E-state index in [1.54, 1.807) is 23.8 Å². The summed E-state index contributed by atoms with van der Waals surface area (Å²) in [6.45, 7) is 2.02. The van der Waals surface area contributed by atoms with Crippen molar-refractivity contribution in [3.05, 3.63) is 23.1 Å².